The van der Waals surface area contributed by atoms with E-state index in [2.05, 4.69) is 58.3 Å². The maximum Gasteiger partial charge on any atom is 0.152 e. The number of fused-ring (bicyclic) bond motifs is 11. The van der Waals surface area contributed by atoms with Gasteiger partial charge in [0.25, 0.3) is 0 Å². The summed E-state index contributed by atoms with van der Waals surface area (Å²) in [5.74, 6) is 0. The van der Waals surface area contributed by atoms with Gasteiger partial charge in [0.1, 0.15) is 0 Å². The van der Waals surface area contributed by atoms with Crippen LogP contribution < -0.4 is 0 Å². The highest BCUT2D eigenvalue weighted by Crippen LogP contribution is 2.54. The van der Waals surface area contributed by atoms with Gasteiger partial charge in [-0.2, -0.15) is 0 Å². The molecular formula is C21H20N2O2. The SMILES string of the molecule is c1ccc2c(c1)CC1OC3C4O[C@@H]5Cc6ccccc6[C@@H]5N4CN3[C@@H]21. The molecule has 7 rings (SSSR count). The minimum absolute atomic E-state index is 0.0844. The van der Waals surface area contributed by atoms with Gasteiger partial charge in [0.05, 0.1) is 31.0 Å². The van der Waals surface area contributed by atoms with Crippen molar-refractivity contribution in [1.29, 1.82) is 0 Å². The van der Waals surface area contributed by atoms with Crippen molar-refractivity contribution in [2.45, 2.75) is 49.6 Å². The van der Waals surface area contributed by atoms with E-state index < -0.39 is 0 Å². The minimum Gasteiger partial charge on any atom is -0.353 e. The molecule has 0 N–H and O–H groups in total. The number of ether oxygens (including phenoxy) is 2. The molecule has 0 radical (unpaired) electrons. The lowest BCUT2D eigenvalue weighted by molar-refractivity contribution is -0.0958. The molecule has 0 saturated carbocycles. The maximum absolute atomic E-state index is 6.52. The summed E-state index contributed by atoms with van der Waals surface area (Å²) in [6.45, 7) is 0.945. The van der Waals surface area contributed by atoms with Crippen LogP contribution in [0.3, 0.4) is 0 Å². The molecule has 3 saturated heterocycles. The molecule has 3 fully saturated rings. The smallest absolute Gasteiger partial charge is 0.152 e. The van der Waals surface area contributed by atoms with Crippen molar-refractivity contribution in [2.75, 3.05) is 6.67 Å². The highest BCUT2D eigenvalue weighted by Gasteiger charge is 2.62. The topological polar surface area (TPSA) is 24.9 Å². The molecule has 3 unspecified atom stereocenters. The van der Waals surface area contributed by atoms with Crippen LogP contribution in [0.15, 0.2) is 48.5 Å². The Labute approximate surface area is 146 Å². The molecule has 0 amide bonds. The first kappa shape index (κ1) is 13.5. The Morgan fingerprint density at radius 1 is 0.680 bits per heavy atom. The largest absolute Gasteiger partial charge is 0.353 e. The maximum atomic E-state index is 6.52. The number of benzene rings is 2. The monoisotopic (exact) mass is 332 g/mol. The summed E-state index contributed by atoms with van der Waals surface area (Å²) in [4.78, 5) is 5.08. The van der Waals surface area contributed by atoms with Crippen molar-refractivity contribution in [2.24, 2.45) is 0 Å². The van der Waals surface area contributed by atoms with Crippen molar-refractivity contribution in [3.8, 4) is 0 Å². The lowest BCUT2D eigenvalue weighted by Gasteiger charge is -2.25. The van der Waals surface area contributed by atoms with E-state index in [1.165, 1.54) is 22.3 Å². The molecule has 126 valence electrons. The van der Waals surface area contributed by atoms with Crippen LogP contribution in [0.4, 0.5) is 0 Å². The van der Waals surface area contributed by atoms with E-state index in [4.69, 9.17) is 9.47 Å². The molecule has 2 aromatic rings. The second-order valence-electron chi connectivity index (χ2n) is 8.00. The first-order chi connectivity index (χ1) is 12.4. The molecule has 0 spiro atoms. The van der Waals surface area contributed by atoms with Crippen molar-refractivity contribution in [3.63, 3.8) is 0 Å². The molecule has 2 aromatic carbocycles. The van der Waals surface area contributed by atoms with E-state index in [1.54, 1.807) is 0 Å². The van der Waals surface area contributed by atoms with Gasteiger partial charge >= 0.3 is 0 Å². The standard InChI is InChI=1S/C21H20N2O2/c1-3-7-14-12(5-1)9-16-18(14)22-11-23-19-15-8-4-2-6-13(15)10-17(19)25-21(23)20(22)24-16/h1-8,16-21H,9-11H2/t16-,17?,18+,19+,20?,21?/m1/s1. The Kier molecular flexibility index (Phi) is 2.43. The van der Waals surface area contributed by atoms with Crippen LogP contribution in [-0.2, 0) is 22.3 Å². The molecule has 25 heavy (non-hydrogen) atoms. The van der Waals surface area contributed by atoms with Gasteiger partial charge in [-0.1, -0.05) is 48.5 Å². The molecule has 0 aromatic heterocycles. The van der Waals surface area contributed by atoms with Gasteiger partial charge in [-0.05, 0) is 22.3 Å². The van der Waals surface area contributed by atoms with Crippen LogP contribution in [0.5, 0.6) is 0 Å². The average molecular weight is 332 g/mol. The molecule has 3 aliphatic heterocycles. The van der Waals surface area contributed by atoms with E-state index >= 15 is 0 Å². The fraction of sp³-hybridized carbons (Fsp3) is 0.429. The normalized spacial score (nSPS) is 40.5. The molecule has 4 nitrogen and oxygen atoms in total. The van der Waals surface area contributed by atoms with Crippen molar-refractivity contribution >= 4 is 0 Å². The molecule has 4 heteroatoms. The predicted molar refractivity (Wildman–Crippen MR) is 91.6 cm³/mol. The second-order valence-corrected chi connectivity index (χ2v) is 8.00. The van der Waals surface area contributed by atoms with Gasteiger partial charge in [-0.25, -0.2) is 0 Å². The van der Waals surface area contributed by atoms with Gasteiger partial charge in [0.15, 0.2) is 12.5 Å². The number of nitrogens with zero attached hydrogens (tertiary/aromatic N) is 2. The first-order valence-corrected chi connectivity index (χ1v) is 9.36. The highest BCUT2D eigenvalue weighted by atomic mass is 16.6. The summed E-state index contributed by atoms with van der Waals surface area (Å²) in [7, 11) is 0. The Morgan fingerprint density at radius 3 is 1.68 bits per heavy atom. The first-order valence-electron chi connectivity index (χ1n) is 9.36. The van der Waals surface area contributed by atoms with E-state index in [1.807, 2.05) is 0 Å². The summed E-state index contributed by atoms with van der Waals surface area (Å²) < 4.78 is 13.0. The van der Waals surface area contributed by atoms with Crippen LogP contribution in [0.2, 0.25) is 0 Å². The summed E-state index contributed by atoms with van der Waals surface area (Å²) in [6.07, 6.45) is 2.83. The van der Waals surface area contributed by atoms with Crippen LogP contribution in [0.25, 0.3) is 0 Å². The van der Waals surface area contributed by atoms with Gasteiger partial charge in [0.2, 0.25) is 0 Å². The molecular weight excluding hydrogens is 312 g/mol. The predicted octanol–water partition coefficient (Wildman–Crippen LogP) is 2.61. The second kappa shape index (κ2) is 4.51. The van der Waals surface area contributed by atoms with E-state index in [0.29, 0.717) is 24.3 Å². The van der Waals surface area contributed by atoms with Crippen molar-refractivity contribution in [1.82, 2.24) is 9.80 Å². The summed E-state index contributed by atoms with van der Waals surface area (Å²) in [5, 5.41) is 0. The zero-order valence-corrected chi connectivity index (χ0v) is 13.9. The molecule has 6 atom stereocenters. The molecule has 0 bridgehead atoms. The minimum atomic E-state index is 0.0844. The zero-order valence-electron chi connectivity index (χ0n) is 13.9. The third-order valence-electron chi connectivity index (χ3n) is 6.86. The quantitative estimate of drug-likeness (QED) is 0.740. The summed E-state index contributed by atoms with van der Waals surface area (Å²) in [5.41, 5.74) is 5.82. The van der Waals surface area contributed by atoms with Gasteiger partial charge < -0.3 is 9.47 Å². The lowest BCUT2D eigenvalue weighted by atomic mass is 10.1. The Morgan fingerprint density at radius 2 is 1.16 bits per heavy atom. The van der Waals surface area contributed by atoms with Crippen LogP contribution in [0.1, 0.15) is 34.3 Å². The fourth-order valence-electron chi connectivity index (χ4n) is 5.92. The van der Waals surface area contributed by atoms with Crippen molar-refractivity contribution in [3.05, 3.63) is 70.8 Å². The van der Waals surface area contributed by atoms with Crippen LogP contribution in [0, 0.1) is 0 Å². The third-order valence-corrected chi connectivity index (χ3v) is 6.86. The Balaban J connectivity index is 1.26. The molecule has 3 heterocycles. The van der Waals surface area contributed by atoms with E-state index in [0.717, 1.165) is 19.5 Å². The average Bonchev–Trinajstić information content (AvgIpc) is 3.36. The Hall–Kier alpha value is -1.72. The number of rotatable bonds is 0. The van der Waals surface area contributed by atoms with E-state index in [9.17, 15) is 0 Å². The number of hydrogen-bond acceptors (Lipinski definition) is 4. The van der Waals surface area contributed by atoms with Crippen LogP contribution >= 0.6 is 0 Å². The highest BCUT2D eigenvalue weighted by molar-refractivity contribution is 5.40. The van der Waals surface area contributed by atoms with Gasteiger partial charge in [-0.15, -0.1) is 0 Å². The van der Waals surface area contributed by atoms with Crippen LogP contribution in [-0.4, -0.2) is 41.1 Å². The van der Waals surface area contributed by atoms with Gasteiger partial charge in [-0.3, -0.25) is 9.80 Å². The third kappa shape index (κ3) is 1.57. The molecule has 5 aliphatic rings. The Bertz CT molecular complexity index is 812. The lowest BCUT2D eigenvalue weighted by Crippen LogP contribution is -2.34. The fourth-order valence-corrected chi connectivity index (χ4v) is 5.92. The zero-order chi connectivity index (χ0) is 16.1. The summed E-state index contributed by atoms with van der Waals surface area (Å²) >= 11 is 0. The van der Waals surface area contributed by atoms with Crippen molar-refractivity contribution < 1.29 is 9.47 Å². The number of hydrogen-bond donors (Lipinski definition) is 0. The summed E-state index contributed by atoms with van der Waals surface area (Å²) in [6, 6.07) is 18.5. The van der Waals surface area contributed by atoms with Gasteiger partial charge in [0, 0.05) is 12.8 Å². The van der Waals surface area contributed by atoms with E-state index in [-0.39, 0.29) is 12.5 Å². The molecule has 2 aliphatic carbocycles.